The first-order chi connectivity index (χ1) is 11.2. The van der Waals surface area contributed by atoms with E-state index >= 15 is 0 Å². The molecular weight excluding hydrogens is 297 g/mol. The van der Waals surface area contributed by atoms with Gasteiger partial charge in [0.1, 0.15) is 17.3 Å². The van der Waals surface area contributed by atoms with Crippen molar-refractivity contribution in [3.63, 3.8) is 0 Å². The summed E-state index contributed by atoms with van der Waals surface area (Å²) in [6.45, 7) is 0.287. The Morgan fingerprint density at radius 3 is 2.78 bits per heavy atom. The summed E-state index contributed by atoms with van der Waals surface area (Å²) in [4.78, 5) is 16.1. The predicted molar refractivity (Wildman–Crippen MR) is 83.8 cm³/mol. The van der Waals surface area contributed by atoms with Gasteiger partial charge in [-0.15, -0.1) is 0 Å². The van der Waals surface area contributed by atoms with Gasteiger partial charge in [0.25, 0.3) is 5.91 Å². The highest BCUT2D eigenvalue weighted by Gasteiger charge is 2.09. The van der Waals surface area contributed by atoms with Crippen molar-refractivity contribution in [1.29, 1.82) is 0 Å². The van der Waals surface area contributed by atoms with Gasteiger partial charge in [0.15, 0.2) is 0 Å². The van der Waals surface area contributed by atoms with E-state index in [1.807, 2.05) is 0 Å². The fourth-order valence-corrected chi connectivity index (χ4v) is 2.04. The number of pyridine rings is 1. The van der Waals surface area contributed by atoms with Gasteiger partial charge in [0, 0.05) is 17.6 Å². The summed E-state index contributed by atoms with van der Waals surface area (Å²) in [5, 5.41) is 5.75. The Labute approximate surface area is 132 Å². The van der Waals surface area contributed by atoms with E-state index in [1.165, 1.54) is 18.3 Å². The monoisotopic (exact) mass is 311 g/mol. The van der Waals surface area contributed by atoms with Crippen LogP contribution in [0.1, 0.15) is 16.2 Å². The fourth-order valence-electron chi connectivity index (χ4n) is 2.04. The summed E-state index contributed by atoms with van der Waals surface area (Å²) in [5.74, 6) is 0.0113. The molecule has 0 fully saturated rings. The van der Waals surface area contributed by atoms with E-state index in [0.717, 1.165) is 0 Å². The minimum Gasteiger partial charge on any atom is -0.467 e. The smallest absolute Gasteiger partial charge is 0.270 e. The Morgan fingerprint density at radius 1 is 1.13 bits per heavy atom. The van der Waals surface area contributed by atoms with Gasteiger partial charge in [-0.05, 0) is 42.5 Å². The van der Waals surface area contributed by atoms with E-state index in [2.05, 4.69) is 15.6 Å². The molecule has 5 nitrogen and oxygen atoms in total. The first kappa shape index (κ1) is 14.8. The number of hydrogen-bond acceptors (Lipinski definition) is 4. The van der Waals surface area contributed by atoms with Crippen LogP contribution in [0.5, 0.6) is 0 Å². The van der Waals surface area contributed by atoms with E-state index in [-0.39, 0.29) is 24.0 Å². The van der Waals surface area contributed by atoms with Gasteiger partial charge in [-0.2, -0.15) is 0 Å². The third-order valence-electron chi connectivity index (χ3n) is 3.11. The van der Waals surface area contributed by atoms with E-state index in [4.69, 9.17) is 4.42 Å². The van der Waals surface area contributed by atoms with Crippen molar-refractivity contribution >= 4 is 17.3 Å². The Morgan fingerprint density at radius 2 is 2.00 bits per heavy atom. The summed E-state index contributed by atoms with van der Waals surface area (Å²) < 4.78 is 18.3. The van der Waals surface area contributed by atoms with Crippen LogP contribution in [0.3, 0.4) is 0 Å². The highest BCUT2D eigenvalue weighted by molar-refractivity contribution is 5.93. The van der Waals surface area contributed by atoms with Gasteiger partial charge in [-0.25, -0.2) is 4.39 Å². The number of carbonyl (C=O) groups excluding carboxylic acids is 1. The van der Waals surface area contributed by atoms with Crippen LogP contribution in [0.2, 0.25) is 0 Å². The minimum atomic E-state index is -0.333. The minimum absolute atomic E-state index is 0.262. The molecule has 3 rings (SSSR count). The molecule has 0 aliphatic rings. The fraction of sp³-hybridized carbons (Fsp3) is 0.0588. The summed E-state index contributed by atoms with van der Waals surface area (Å²) in [5.41, 5.74) is 1.50. The van der Waals surface area contributed by atoms with Gasteiger partial charge in [-0.3, -0.25) is 9.78 Å². The van der Waals surface area contributed by atoms with Crippen molar-refractivity contribution in [1.82, 2.24) is 10.3 Å². The standard InChI is InChI=1S/C17H14FN3O2/c18-12-3-1-4-13(9-12)21-14-6-7-19-16(10-14)17(22)20-11-15-5-2-8-23-15/h1-10H,11H2,(H,19,21)(H,20,22). The SMILES string of the molecule is O=C(NCc1ccco1)c1cc(Nc2cccc(F)c2)ccn1. The van der Waals surface area contributed by atoms with Crippen LogP contribution in [-0.2, 0) is 6.54 Å². The number of anilines is 2. The summed E-state index contributed by atoms with van der Waals surface area (Å²) in [6, 6.07) is 12.9. The maximum absolute atomic E-state index is 13.2. The lowest BCUT2D eigenvalue weighted by molar-refractivity contribution is 0.0943. The zero-order valence-corrected chi connectivity index (χ0v) is 12.1. The zero-order chi connectivity index (χ0) is 16.1. The average Bonchev–Trinajstić information content (AvgIpc) is 3.06. The lowest BCUT2D eigenvalue weighted by Crippen LogP contribution is -2.23. The predicted octanol–water partition coefficient (Wildman–Crippen LogP) is 3.49. The summed E-state index contributed by atoms with van der Waals surface area (Å²) >= 11 is 0. The Bertz CT molecular complexity index is 803. The molecule has 3 aromatic rings. The molecule has 2 N–H and O–H groups in total. The van der Waals surface area contributed by atoms with E-state index in [0.29, 0.717) is 17.1 Å². The maximum atomic E-state index is 13.2. The molecule has 6 heteroatoms. The molecule has 116 valence electrons. The molecule has 0 radical (unpaired) electrons. The number of rotatable bonds is 5. The van der Waals surface area contributed by atoms with Gasteiger partial charge < -0.3 is 15.1 Å². The first-order valence-corrected chi connectivity index (χ1v) is 7.00. The molecule has 1 aromatic carbocycles. The van der Waals surface area contributed by atoms with Crippen LogP contribution in [0, 0.1) is 5.82 Å². The van der Waals surface area contributed by atoms with Crippen molar-refractivity contribution in [2.75, 3.05) is 5.32 Å². The second-order valence-corrected chi connectivity index (χ2v) is 4.83. The number of aromatic nitrogens is 1. The number of furan rings is 1. The zero-order valence-electron chi connectivity index (χ0n) is 12.1. The van der Waals surface area contributed by atoms with Crippen molar-refractivity contribution in [2.24, 2.45) is 0 Å². The van der Waals surface area contributed by atoms with Crippen molar-refractivity contribution in [2.45, 2.75) is 6.54 Å². The third-order valence-corrected chi connectivity index (χ3v) is 3.11. The molecule has 0 saturated carbocycles. The van der Waals surface area contributed by atoms with E-state index in [1.54, 1.807) is 42.7 Å². The quantitative estimate of drug-likeness (QED) is 0.757. The molecule has 2 aromatic heterocycles. The Balaban J connectivity index is 1.68. The number of halogens is 1. The molecule has 0 spiro atoms. The average molecular weight is 311 g/mol. The number of nitrogens with zero attached hydrogens (tertiary/aromatic N) is 1. The molecule has 0 aliphatic heterocycles. The molecule has 0 unspecified atom stereocenters. The van der Waals surface area contributed by atoms with Crippen LogP contribution in [0.25, 0.3) is 0 Å². The normalized spacial score (nSPS) is 10.3. The van der Waals surface area contributed by atoms with Crippen molar-refractivity contribution in [3.05, 3.63) is 78.3 Å². The number of carbonyl (C=O) groups is 1. The Hall–Kier alpha value is -3.15. The van der Waals surface area contributed by atoms with E-state index in [9.17, 15) is 9.18 Å². The summed E-state index contributed by atoms with van der Waals surface area (Å²) in [6.07, 6.45) is 3.06. The second-order valence-electron chi connectivity index (χ2n) is 4.83. The summed E-state index contributed by atoms with van der Waals surface area (Å²) in [7, 11) is 0. The van der Waals surface area contributed by atoms with Crippen molar-refractivity contribution < 1.29 is 13.6 Å². The van der Waals surface area contributed by atoms with Crippen LogP contribution in [-0.4, -0.2) is 10.9 Å². The molecule has 23 heavy (non-hydrogen) atoms. The highest BCUT2D eigenvalue weighted by atomic mass is 19.1. The lowest BCUT2D eigenvalue weighted by atomic mass is 10.2. The lowest BCUT2D eigenvalue weighted by Gasteiger charge is -2.08. The van der Waals surface area contributed by atoms with Crippen LogP contribution >= 0.6 is 0 Å². The Kier molecular flexibility index (Phi) is 4.33. The van der Waals surface area contributed by atoms with Crippen LogP contribution < -0.4 is 10.6 Å². The van der Waals surface area contributed by atoms with Crippen LogP contribution in [0.15, 0.2) is 65.4 Å². The molecule has 0 saturated heterocycles. The van der Waals surface area contributed by atoms with Crippen LogP contribution in [0.4, 0.5) is 15.8 Å². The van der Waals surface area contributed by atoms with Gasteiger partial charge >= 0.3 is 0 Å². The second kappa shape index (κ2) is 6.74. The molecule has 0 aliphatic carbocycles. The first-order valence-electron chi connectivity index (χ1n) is 7.00. The molecular formula is C17H14FN3O2. The van der Waals surface area contributed by atoms with Crippen molar-refractivity contribution in [3.8, 4) is 0 Å². The topological polar surface area (TPSA) is 67.2 Å². The number of amides is 1. The number of benzene rings is 1. The molecule has 0 atom stereocenters. The largest absolute Gasteiger partial charge is 0.467 e. The number of hydrogen-bond donors (Lipinski definition) is 2. The number of nitrogens with one attached hydrogen (secondary N) is 2. The van der Waals surface area contributed by atoms with E-state index < -0.39 is 0 Å². The molecule has 2 heterocycles. The molecule has 0 bridgehead atoms. The highest BCUT2D eigenvalue weighted by Crippen LogP contribution is 2.17. The molecule has 1 amide bonds. The van der Waals surface area contributed by atoms with Gasteiger partial charge in [0.2, 0.25) is 0 Å². The third kappa shape index (κ3) is 3.94. The van der Waals surface area contributed by atoms with Gasteiger partial charge in [0.05, 0.1) is 12.8 Å². The maximum Gasteiger partial charge on any atom is 0.270 e. The van der Waals surface area contributed by atoms with Gasteiger partial charge in [-0.1, -0.05) is 6.07 Å².